The lowest BCUT2D eigenvalue weighted by Crippen LogP contribution is -2.14. The van der Waals surface area contributed by atoms with Crippen LogP contribution in [0.15, 0.2) is 6.07 Å². The van der Waals surface area contributed by atoms with Crippen molar-refractivity contribution >= 4 is 11.6 Å². The first-order valence-corrected chi connectivity index (χ1v) is 4.70. The van der Waals surface area contributed by atoms with Crippen LogP contribution in [0.2, 0.25) is 0 Å². The normalized spacial score (nSPS) is 11.6. The summed E-state index contributed by atoms with van der Waals surface area (Å²) in [6.45, 7) is 0. The van der Waals surface area contributed by atoms with E-state index in [2.05, 4.69) is 4.98 Å². The standard InChI is InChI=1S/C9H4ClF5N2/c10-2-4-1-5(8(11)12)6(3-16)17-7(4)9(13,14)15/h1,8H,2H2. The summed E-state index contributed by atoms with van der Waals surface area (Å²) in [6.07, 6.45) is -7.92. The Labute approximate surface area is 97.6 Å². The quantitative estimate of drug-likeness (QED) is 0.607. The molecular formula is C9H4ClF5N2. The Bertz CT molecular complexity index is 464. The largest absolute Gasteiger partial charge is 0.433 e. The molecule has 8 heteroatoms. The molecule has 0 spiro atoms. The summed E-state index contributed by atoms with van der Waals surface area (Å²) in [5.74, 6) is -0.618. The fourth-order valence-electron chi connectivity index (χ4n) is 1.18. The first kappa shape index (κ1) is 13.6. The first-order chi connectivity index (χ1) is 7.81. The highest BCUT2D eigenvalue weighted by atomic mass is 35.5. The van der Waals surface area contributed by atoms with Crippen LogP contribution >= 0.6 is 11.6 Å². The van der Waals surface area contributed by atoms with Crippen LogP contribution in [-0.2, 0) is 12.1 Å². The smallest absolute Gasteiger partial charge is 0.232 e. The lowest BCUT2D eigenvalue weighted by atomic mass is 10.1. The van der Waals surface area contributed by atoms with Crippen molar-refractivity contribution in [1.82, 2.24) is 4.98 Å². The summed E-state index contributed by atoms with van der Waals surface area (Å²) in [6, 6.07) is 1.77. The Hall–Kier alpha value is -1.42. The molecular weight excluding hydrogens is 267 g/mol. The molecule has 0 aliphatic heterocycles. The molecule has 0 bridgehead atoms. The molecule has 0 N–H and O–H groups in total. The predicted molar refractivity (Wildman–Crippen MR) is 48.5 cm³/mol. The molecule has 0 saturated heterocycles. The number of rotatable bonds is 2. The molecule has 1 aromatic heterocycles. The molecule has 0 aromatic carbocycles. The van der Waals surface area contributed by atoms with Gasteiger partial charge in [0.2, 0.25) is 0 Å². The fraction of sp³-hybridized carbons (Fsp3) is 0.333. The molecule has 0 unspecified atom stereocenters. The third-order valence-electron chi connectivity index (χ3n) is 1.88. The van der Waals surface area contributed by atoms with E-state index in [1.54, 1.807) is 0 Å². The number of alkyl halides is 6. The van der Waals surface area contributed by atoms with E-state index in [0.717, 1.165) is 0 Å². The van der Waals surface area contributed by atoms with E-state index >= 15 is 0 Å². The van der Waals surface area contributed by atoms with Gasteiger partial charge in [-0.3, -0.25) is 0 Å². The van der Waals surface area contributed by atoms with Crippen molar-refractivity contribution in [2.45, 2.75) is 18.5 Å². The van der Waals surface area contributed by atoms with Crippen molar-refractivity contribution < 1.29 is 22.0 Å². The zero-order valence-electron chi connectivity index (χ0n) is 8.02. The summed E-state index contributed by atoms with van der Waals surface area (Å²) in [7, 11) is 0. The highest BCUT2D eigenvalue weighted by molar-refractivity contribution is 6.17. The molecule has 0 aliphatic rings. The topological polar surface area (TPSA) is 36.7 Å². The van der Waals surface area contributed by atoms with E-state index in [9.17, 15) is 22.0 Å². The lowest BCUT2D eigenvalue weighted by molar-refractivity contribution is -0.141. The van der Waals surface area contributed by atoms with Gasteiger partial charge in [-0.2, -0.15) is 18.4 Å². The SMILES string of the molecule is N#Cc1nc(C(F)(F)F)c(CCl)cc1C(F)F. The average molecular weight is 271 g/mol. The average Bonchev–Trinajstić information content (AvgIpc) is 2.25. The van der Waals surface area contributed by atoms with Crippen molar-refractivity contribution in [1.29, 1.82) is 5.26 Å². The van der Waals surface area contributed by atoms with Gasteiger partial charge in [0.25, 0.3) is 6.43 Å². The monoisotopic (exact) mass is 270 g/mol. The second-order valence-corrected chi connectivity index (χ2v) is 3.25. The van der Waals surface area contributed by atoms with Crippen LogP contribution in [0.5, 0.6) is 0 Å². The molecule has 0 aliphatic carbocycles. The zero-order chi connectivity index (χ0) is 13.2. The minimum Gasteiger partial charge on any atom is -0.232 e. The van der Waals surface area contributed by atoms with E-state index in [0.29, 0.717) is 6.07 Å². The molecule has 0 atom stereocenters. The molecule has 1 rings (SSSR count). The second-order valence-electron chi connectivity index (χ2n) is 2.98. The van der Waals surface area contributed by atoms with Crippen molar-refractivity contribution in [3.63, 3.8) is 0 Å². The van der Waals surface area contributed by atoms with Gasteiger partial charge in [-0.05, 0) is 11.6 Å². The Morgan fingerprint density at radius 1 is 1.41 bits per heavy atom. The van der Waals surface area contributed by atoms with Crippen molar-refractivity contribution in [2.24, 2.45) is 0 Å². The molecule has 92 valence electrons. The number of nitrogens with zero attached hydrogens (tertiary/aromatic N) is 2. The number of hydrogen-bond donors (Lipinski definition) is 0. The van der Waals surface area contributed by atoms with E-state index < -0.39 is 41.0 Å². The van der Waals surface area contributed by atoms with Crippen LogP contribution in [0, 0.1) is 11.3 Å². The van der Waals surface area contributed by atoms with E-state index in [-0.39, 0.29) is 0 Å². The second kappa shape index (κ2) is 4.84. The molecule has 0 fully saturated rings. The van der Waals surface area contributed by atoms with Crippen molar-refractivity contribution in [3.8, 4) is 6.07 Å². The minimum absolute atomic E-state index is 0.562. The summed E-state index contributed by atoms with van der Waals surface area (Å²) in [5, 5.41) is 8.47. The maximum Gasteiger partial charge on any atom is 0.433 e. The summed E-state index contributed by atoms with van der Waals surface area (Å²) in [4.78, 5) is 2.90. The number of hydrogen-bond acceptors (Lipinski definition) is 2. The number of nitriles is 1. The van der Waals surface area contributed by atoms with Crippen molar-refractivity contribution in [3.05, 3.63) is 28.6 Å². The molecule has 0 saturated carbocycles. The van der Waals surface area contributed by atoms with Gasteiger partial charge < -0.3 is 0 Å². The molecule has 1 heterocycles. The van der Waals surface area contributed by atoms with E-state index in [1.165, 1.54) is 6.07 Å². The zero-order valence-corrected chi connectivity index (χ0v) is 8.78. The van der Waals surface area contributed by atoms with Crippen LogP contribution < -0.4 is 0 Å². The van der Waals surface area contributed by atoms with E-state index in [1.807, 2.05) is 0 Å². The molecule has 1 aromatic rings. The third kappa shape index (κ3) is 2.82. The van der Waals surface area contributed by atoms with Gasteiger partial charge in [0.1, 0.15) is 17.5 Å². The predicted octanol–water partition coefficient (Wildman–Crippen LogP) is 3.65. The number of pyridine rings is 1. The fourth-order valence-corrected chi connectivity index (χ4v) is 1.38. The van der Waals surface area contributed by atoms with Gasteiger partial charge in [-0.15, -0.1) is 11.6 Å². The highest BCUT2D eigenvalue weighted by Crippen LogP contribution is 2.34. The van der Waals surface area contributed by atoms with Gasteiger partial charge in [0.05, 0.1) is 5.56 Å². The maximum absolute atomic E-state index is 12.5. The Morgan fingerprint density at radius 3 is 2.35 bits per heavy atom. The minimum atomic E-state index is -4.84. The summed E-state index contributed by atoms with van der Waals surface area (Å²) < 4.78 is 62.3. The highest BCUT2D eigenvalue weighted by Gasteiger charge is 2.36. The lowest BCUT2D eigenvalue weighted by Gasteiger charge is -2.12. The van der Waals surface area contributed by atoms with Gasteiger partial charge in [-0.25, -0.2) is 13.8 Å². The van der Waals surface area contributed by atoms with Gasteiger partial charge >= 0.3 is 6.18 Å². The maximum atomic E-state index is 12.5. The Kier molecular flexibility index (Phi) is 3.88. The molecule has 0 amide bonds. The van der Waals surface area contributed by atoms with Crippen LogP contribution in [0.25, 0.3) is 0 Å². The van der Waals surface area contributed by atoms with Gasteiger partial charge in [-0.1, -0.05) is 0 Å². The number of halogens is 6. The first-order valence-electron chi connectivity index (χ1n) is 4.16. The molecule has 2 nitrogen and oxygen atoms in total. The van der Waals surface area contributed by atoms with Gasteiger partial charge in [0, 0.05) is 5.88 Å². The Balaban J connectivity index is 3.51. The summed E-state index contributed by atoms with van der Waals surface area (Å²) >= 11 is 5.24. The molecule has 0 radical (unpaired) electrons. The van der Waals surface area contributed by atoms with Gasteiger partial charge in [0.15, 0.2) is 0 Å². The number of aromatic nitrogens is 1. The van der Waals surface area contributed by atoms with Crippen LogP contribution in [0.4, 0.5) is 22.0 Å². The van der Waals surface area contributed by atoms with Crippen LogP contribution in [0.3, 0.4) is 0 Å². The Morgan fingerprint density at radius 2 is 2.00 bits per heavy atom. The molecule has 17 heavy (non-hydrogen) atoms. The third-order valence-corrected chi connectivity index (χ3v) is 2.17. The van der Waals surface area contributed by atoms with Crippen LogP contribution in [-0.4, -0.2) is 4.98 Å². The summed E-state index contributed by atoms with van der Waals surface area (Å²) in [5.41, 5.74) is -3.78. The van der Waals surface area contributed by atoms with E-state index in [4.69, 9.17) is 16.9 Å². The van der Waals surface area contributed by atoms with Crippen LogP contribution in [0.1, 0.15) is 28.9 Å². The van der Waals surface area contributed by atoms with Crippen molar-refractivity contribution in [2.75, 3.05) is 0 Å².